The molecule has 2 aliphatic rings. The molecule has 2 heterocycles. The van der Waals surface area contributed by atoms with Gasteiger partial charge in [-0.3, -0.25) is 9.59 Å². The van der Waals surface area contributed by atoms with Crippen molar-refractivity contribution in [3.63, 3.8) is 0 Å². The van der Waals surface area contributed by atoms with E-state index in [1.165, 1.54) is 0 Å². The maximum absolute atomic E-state index is 12.7. The molecule has 1 atom stereocenters. The SMILES string of the molecule is COc1cc(CN2CC(=O)NC(C)(C3CC3)C2=O)ccn1. The van der Waals surface area contributed by atoms with E-state index in [1.807, 2.05) is 13.0 Å². The third kappa shape index (κ3) is 2.57. The number of amides is 2. The van der Waals surface area contributed by atoms with Gasteiger partial charge >= 0.3 is 0 Å². The van der Waals surface area contributed by atoms with Crippen LogP contribution in [0.3, 0.4) is 0 Å². The highest BCUT2D eigenvalue weighted by molar-refractivity contribution is 5.98. The number of rotatable bonds is 4. The summed E-state index contributed by atoms with van der Waals surface area (Å²) >= 11 is 0. The van der Waals surface area contributed by atoms with E-state index in [2.05, 4.69) is 10.3 Å². The van der Waals surface area contributed by atoms with Crippen molar-refractivity contribution in [3.8, 4) is 5.88 Å². The van der Waals surface area contributed by atoms with Crippen LogP contribution in [0, 0.1) is 5.92 Å². The number of hydrogen-bond acceptors (Lipinski definition) is 4. The molecule has 1 aromatic heterocycles. The summed E-state index contributed by atoms with van der Waals surface area (Å²) in [5.41, 5.74) is 0.162. The lowest BCUT2D eigenvalue weighted by atomic mass is 9.91. The number of piperazine rings is 1. The van der Waals surface area contributed by atoms with Gasteiger partial charge in [-0.2, -0.15) is 0 Å². The lowest BCUT2D eigenvalue weighted by Crippen LogP contribution is -2.66. The summed E-state index contributed by atoms with van der Waals surface area (Å²) in [6, 6.07) is 3.62. The van der Waals surface area contributed by atoms with Gasteiger partial charge in [0.1, 0.15) is 5.54 Å². The van der Waals surface area contributed by atoms with Crippen LogP contribution < -0.4 is 10.1 Å². The topological polar surface area (TPSA) is 71.5 Å². The van der Waals surface area contributed by atoms with Gasteiger partial charge in [0.25, 0.3) is 0 Å². The smallest absolute Gasteiger partial charge is 0.249 e. The van der Waals surface area contributed by atoms with Gasteiger partial charge < -0.3 is 15.0 Å². The number of pyridine rings is 1. The molecule has 1 saturated carbocycles. The van der Waals surface area contributed by atoms with E-state index in [9.17, 15) is 9.59 Å². The quantitative estimate of drug-likeness (QED) is 0.886. The Morgan fingerprint density at radius 2 is 2.24 bits per heavy atom. The number of nitrogens with one attached hydrogen (secondary N) is 1. The minimum atomic E-state index is -0.744. The zero-order valence-electron chi connectivity index (χ0n) is 12.3. The first kappa shape index (κ1) is 13.9. The summed E-state index contributed by atoms with van der Waals surface area (Å²) in [7, 11) is 1.55. The molecule has 2 amide bonds. The first-order chi connectivity index (χ1) is 10.0. The van der Waals surface area contributed by atoms with Gasteiger partial charge in [0.05, 0.1) is 13.7 Å². The van der Waals surface area contributed by atoms with E-state index in [4.69, 9.17) is 4.74 Å². The lowest BCUT2D eigenvalue weighted by Gasteiger charge is -2.40. The van der Waals surface area contributed by atoms with Crippen LogP contribution >= 0.6 is 0 Å². The number of hydrogen-bond donors (Lipinski definition) is 1. The van der Waals surface area contributed by atoms with Crippen molar-refractivity contribution in [2.75, 3.05) is 13.7 Å². The normalized spacial score (nSPS) is 25.7. The second-order valence-corrected chi connectivity index (χ2v) is 5.89. The van der Waals surface area contributed by atoms with E-state index in [1.54, 1.807) is 24.3 Å². The van der Waals surface area contributed by atoms with Gasteiger partial charge in [-0.1, -0.05) is 0 Å². The molecule has 0 spiro atoms. The zero-order valence-corrected chi connectivity index (χ0v) is 12.3. The van der Waals surface area contributed by atoms with Gasteiger partial charge in [0.15, 0.2) is 0 Å². The van der Waals surface area contributed by atoms with Crippen LogP contribution in [0.25, 0.3) is 0 Å². The Morgan fingerprint density at radius 3 is 2.90 bits per heavy atom. The van der Waals surface area contributed by atoms with Crippen LogP contribution in [0.15, 0.2) is 18.3 Å². The third-order valence-electron chi connectivity index (χ3n) is 4.24. The summed E-state index contributed by atoms with van der Waals surface area (Å²) < 4.78 is 5.09. The number of carbonyl (C=O) groups excluding carboxylic acids is 2. The lowest BCUT2D eigenvalue weighted by molar-refractivity contribution is -0.150. The van der Waals surface area contributed by atoms with Crippen LogP contribution in [0.4, 0.5) is 0 Å². The predicted octanol–water partition coefficient (Wildman–Crippen LogP) is 0.717. The van der Waals surface area contributed by atoms with Gasteiger partial charge in [0, 0.05) is 18.8 Å². The van der Waals surface area contributed by atoms with Crippen LogP contribution in [0.5, 0.6) is 5.88 Å². The summed E-state index contributed by atoms with van der Waals surface area (Å²) in [5.74, 6) is 0.681. The summed E-state index contributed by atoms with van der Waals surface area (Å²) in [4.78, 5) is 30.3. The average molecular weight is 289 g/mol. The Kier molecular flexibility index (Phi) is 3.31. The second kappa shape index (κ2) is 5.02. The highest BCUT2D eigenvalue weighted by atomic mass is 16.5. The maximum atomic E-state index is 12.7. The summed E-state index contributed by atoms with van der Waals surface area (Å²) in [5, 5.41) is 2.88. The molecule has 0 radical (unpaired) electrons. The Balaban J connectivity index is 1.80. The molecule has 1 N–H and O–H groups in total. The Bertz CT molecular complexity index is 585. The fourth-order valence-electron chi connectivity index (χ4n) is 2.90. The van der Waals surface area contributed by atoms with Crippen LogP contribution in [0.1, 0.15) is 25.3 Å². The van der Waals surface area contributed by atoms with Crippen LogP contribution in [0.2, 0.25) is 0 Å². The Morgan fingerprint density at radius 1 is 1.48 bits per heavy atom. The molecule has 0 bridgehead atoms. The number of ether oxygens (including phenoxy) is 1. The van der Waals surface area contributed by atoms with Crippen molar-refractivity contribution in [1.29, 1.82) is 0 Å². The van der Waals surface area contributed by atoms with Crippen molar-refractivity contribution in [2.24, 2.45) is 5.92 Å². The standard InChI is InChI=1S/C15H19N3O3/c1-15(11-3-4-11)14(20)18(9-12(19)17-15)8-10-5-6-16-13(7-10)21-2/h5-7,11H,3-4,8-9H2,1-2H3,(H,17,19). The highest BCUT2D eigenvalue weighted by Gasteiger charge is 2.52. The number of methoxy groups -OCH3 is 1. The van der Waals surface area contributed by atoms with E-state index < -0.39 is 5.54 Å². The minimum Gasteiger partial charge on any atom is -0.481 e. The van der Waals surface area contributed by atoms with Crippen LogP contribution in [-0.2, 0) is 16.1 Å². The number of carbonyl (C=O) groups is 2. The minimum absolute atomic E-state index is 0.000351. The Labute approximate surface area is 123 Å². The predicted molar refractivity (Wildman–Crippen MR) is 75.5 cm³/mol. The van der Waals surface area contributed by atoms with Crippen molar-refractivity contribution in [2.45, 2.75) is 31.8 Å². The molecule has 0 aromatic carbocycles. The van der Waals surface area contributed by atoms with Crippen molar-refractivity contribution in [3.05, 3.63) is 23.9 Å². The fraction of sp³-hybridized carbons (Fsp3) is 0.533. The average Bonchev–Trinajstić information content (AvgIpc) is 3.29. The molecule has 1 aliphatic carbocycles. The van der Waals surface area contributed by atoms with E-state index in [0.29, 0.717) is 12.4 Å². The molecule has 21 heavy (non-hydrogen) atoms. The fourth-order valence-corrected chi connectivity index (χ4v) is 2.90. The van der Waals surface area contributed by atoms with E-state index in [-0.39, 0.29) is 24.3 Å². The maximum Gasteiger partial charge on any atom is 0.249 e. The molecular weight excluding hydrogens is 270 g/mol. The molecule has 1 aliphatic heterocycles. The monoisotopic (exact) mass is 289 g/mol. The Hall–Kier alpha value is -2.11. The molecule has 6 nitrogen and oxygen atoms in total. The van der Waals surface area contributed by atoms with Gasteiger partial charge in [0.2, 0.25) is 17.7 Å². The number of nitrogens with zero attached hydrogens (tertiary/aromatic N) is 2. The largest absolute Gasteiger partial charge is 0.481 e. The first-order valence-corrected chi connectivity index (χ1v) is 7.12. The number of aromatic nitrogens is 1. The summed E-state index contributed by atoms with van der Waals surface area (Å²) in [6.07, 6.45) is 3.64. The summed E-state index contributed by atoms with van der Waals surface area (Å²) in [6.45, 7) is 2.34. The third-order valence-corrected chi connectivity index (χ3v) is 4.24. The molecule has 6 heteroatoms. The van der Waals surface area contributed by atoms with Crippen molar-refractivity contribution < 1.29 is 14.3 Å². The van der Waals surface area contributed by atoms with Gasteiger partial charge in [-0.15, -0.1) is 0 Å². The zero-order chi connectivity index (χ0) is 15.0. The van der Waals surface area contributed by atoms with E-state index in [0.717, 1.165) is 18.4 Å². The van der Waals surface area contributed by atoms with Crippen molar-refractivity contribution >= 4 is 11.8 Å². The molecular formula is C15H19N3O3. The highest BCUT2D eigenvalue weighted by Crippen LogP contribution is 2.41. The molecule has 1 saturated heterocycles. The molecule has 2 fully saturated rings. The second-order valence-electron chi connectivity index (χ2n) is 5.89. The molecule has 3 rings (SSSR count). The first-order valence-electron chi connectivity index (χ1n) is 7.12. The van der Waals surface area contributed by atoms with Crippen LogP contribution in [-0.4, -0.2) is 40.9 Å². The molecule has 1 unspecified atom stereocenters. The molecule has 112 valence electrons. The van der Waals surface area contributed by atoms with Crippen molar-refractivity contribution in [1.82, 2.24) is 15.2 Å². The molecule has 1 aromatic rings. The van der Waals surface area contributed by atoms with Gasteiger partial charge in [-0.25, -0.2) is 4.98 Å². The van der Waals surface area contributed by atoms with E-state index >= 15 is 0 Å². The van der Waals surface area contributed by atoms with Gasteiger partial charge in [-0.05, 0) is 37.3 Å².